The molecule has 0 aromatic heterocycles. The number of rotatable bonds is 0. The first kappa shape index (κ1) is 22.6. The van der Waals surface area contributed by atoms with Gasteiger partial charge in [0.25, 0.3) is 0 Å². The molecule has 0 heterocycles. The molecule has 2 radical (unpaired) electrons. The molecule has 0 saturated heterocycles. The molecule has 0 spiro atoms. The number of hydrogen-bond acceptors (Lipinski definition) is 2. The normalized spacial score (nSPS) is 7.25. The second-order valence-corrected chi connectivity index (χ2v) is 1.85. The van der Waals surface area contributed by atoms with E-state index in [2.05, 4.69) is 0 Å². The van der Waals surface area contributed by atoms with Gasteiger partial charge in [-0.2, -0.15) is 0 Å². The van der Waals surface area contributed by atoms with Crippen molar-refractivity contribution in [3.8, 4) is 0 Å². The van der Waals surface area contributed by atoms with Gasteiger partial charge in [0.05, 0.1) is 0 Å². The minimum atomic E-state index is -5.25. The van der Waals surface area contributed by atoms with Crippen molar-refractivity contribution in [2.45, 2.75) is 0 Å². The van der Waals surface area contributed by atoms with E-state index in [0.717, 1.165) is 0 Å². The Labute approximate surface area is 85.9 Å². The van der Waals surface area contributed by atoms with Gasteiger partial charge in [0.15, 0.2) is 0 Å². The molecule has 2 N–H and O–H groups in total. The van der Waals surface area contributed by atoms with Crippen LogP contribution in [0.15, 0.2) is 0 Å². The van der Waals surface area contributed by atoms with Gasteiger partial charge in [0, 0.05) is 44.8 Å². The van der Waals surface area contributed by atoms with Crippen LogP contribution in [0.3, 0.4) is 0 Å². The van der Waals surface area contributed by atoms with Gasteiger partial charge in [-0.1, -0.05) is 0 Å². The molecule has 0 unspecified atom stereocenters. The van der Waals surface area contributed by atoms with Gasteiger partial charge >= 0.3 is 29.5 Å². The van der Waals surface area contributed by atoms with Crippen LogP contribution in [0.1, 0.15) is 0 Å². The maximum absolute atomic E-state index is 8.82. The Balaban J connectivity index is -0.0000000267. The zero-order valence-electron chi connectivity index (χ0n) is 3.13. The summed E-state index contributed by atoms with van der Waals surface area (Å²) in [5.41, 5.74) is 0. The van der Waals surface area contributed by atoms with Crippen molar-refractivity contribution in [1.82, 2.24) is 0 Å². The summed E-state index contributed by atoms with van der Waals surface area (Å²) >= 11 is -5.25. The fourth-order valence-corrected chi connectivity index (χ4v) is 0. The van der Waals surface area contributed by atoms with Crippen LogP contribution < -0.4 is 0 Å². The Kier molecular flexibility index (Phi) is 24.9. The van der Waals surface area contributed by atoms with Gasteiger partial charge in [-0.3, -0.25) is 0 Å². The standard InChI is InChI=1S/2Ag.ClH.Cr.2H2O.2O/h;;1H;;2*1H2;;/q;;;+2;;;;/p-2. The van der Waals surface area contributed by atoms with Crippen LogP contribution in [0.5, 0.6) is 0 Å². The van der Waals surface area contributed by atoms with E-state index in [-0.39, 0.29) is 57.2 Å². The van der Waals surface area contributed by atoms with Gasteiger partial charge in [0.1, 0.15) is 0 Å². The molecule has 0 amide bonds. The van der Waals surface area contributed by atoms with Gasteiger partial charge in [-0.15, -0.1) is 12.4 Å². The third-order valence-electron chi connectivity index (χ3n) is 0. The summed E-state index contributed by atoms with van der Waals surface area (Å²) in [4.78, 5) is 0. The van der Waals surface area contributed by atoms with Gasteiger partial charge < -0.3 is 0 Å². The van der Waals surface area contributed by atoms with Crippen LogP contribution in [0.4, 0.5) is 0 Å². The third kappa shape index (κ3) is 110. The molecule has 0 bridgehead atoms. The predicted molar refractivity (Wildman–Crippen MR) is 13.1 cm³/mol. The molecule has 0 aromatic carbocycles. The van der Waals surface area contributed by atoms with Gasteiger partial charge in [0.2, 0.25) is 0 Å². The van der Waals surface area contributed by atoms with E-state index in [1.165, 1.54) is 0 Å². The zero-order valence-corrected chi connectivity index (χ0v) is 8.19. The molecule has 0 rings (SSSR count). The average molecular weight is 370 g/mol. The maximum atomic E-state index is 8.82. The van der Waals surface area contributed by atoms with Crippen molar-refractivity contribution in [1.29, 1.82) is 0 Å². The van der Waals surface area contributed by atoms with E-state index >= 15 is 0 Å². The summed E-state index contributed by atoms with van der Waals surface area (Å²) < 4.78 is 31.9. The molecule has 0 aliphatic rings. The molecule has 0 aliphatic heterocycles. The van der Waals surface area contributed by atoms with Crippen molar-refractivity contribution in [2.75, 3.05) is 0 Å². The van der Waals surface area contributed by atoms with E-state index in [1.807, 2.05) is 0 Å². The molecule has 0 aliphatic carbocycles. The summed E-state index contributed by atoms with van der Waals surface area (Å²) in [6, 6.07) is 0. The number of hydrogen-bond donors (Lipinski definition) is 2. The third-order valence-corrected chi connectivity index (χ3v) is 0. The van der Waals surface area contributed by atoms with E-state index in [4.69, 9.17) is 15.9 Å². The summed E-state index contributed by atoms with van der Waals surface area (Å²) in [5.74, 6) is 0. The molecule has 62 valence electrons. The summed E-state index contributed by atoms with van der Waals surface area (Å²) in [6.45, 7) is 0. The van der Waals surface area contributed by atoms with E-state index in [1.54, 1.807) is 0 Å². The molecule has 8 heteroatoms. The molecular weight excluding hydrogens is 367 g/mol. The van der Waals surface area contributed by atoms with Crippen LogP contribution in [-0.2, 0) is 66.0 Å². The molecule has 8 heavy (non-hydrogen) atoms. The Morgan fingerprint density at radius 2 is 1.00 bits per heavy atom. The van der Waals surface area contributed by atoms with Crippen LogP contribution in [0.25, 0.3) is 0 Å². The molecule has 0 aromatic rings. The minimum absolute atomic E-state index is 0. The van der Waals surface area contributed by atoms with Crippen molar-refractivity contribution < 1.29 is 74.3 Å². The fraction of sp³-hybridized carbons (Fsp3) is 0. The van der Waals surface area contributed by atoms with Crippen LogP contribution in [0.2, 0.25) is 0 Å². The summed E-state index contributed by atoms with van der Waals surface area (Å²) in [5, 5.41) is 0. The average Bonchev–Trinajstić information content (AvgIpc) is 0.722. The Morgan fingerprint density at radius 1 is 1.00 bits per heavy atom. The first-order chi connectivity index (χ1) is 2.00. The van der Waals surface area contributed by atoms with E-state index < -0.39 is 13.6 Å². The van der Waals surface area contributed by atoms with Gasteiger partial charge in [-0.25, -0.2) is 0 Å². The second-order valence-electron chi connectivity index (χ2n) is 0.448. The van der Waals surface area contributed by atoms with Crippen molar-refractivity contribution in [2.24, 2.45) is 0 Å². The SMILES string of the molecule is Cl.[Ag].[Ag].[O]=[Cr](=[O])([OH])[OH]. The topological polar surface area (TPSA) is 74.6 Å². The van der Waals surface area contributed by atoms with Crippen molar-refractivity contribution >= 4 is 12.4 Å². The summed E-state index contributed by atoms with van der Waals surface area (Å²) in [7, 11) is 0. The molecular formula is H3Ag2ClCrO4. The van der Waals surface area contributed by atoms with Crippen LogP contribution in [-0.4, -0.2) is 8.32 Å². The zero-order chi connectivity index (χ0) is 4.50. The fourth-order valence-electron chi connectivity index (χ4n) is 0. The first-order valence-corrected chi connectivity index (χ1v) is 2.88. The molecule has 4 nitrogen and oxygen atoms in total. The summed E-state index contributed by atoms with van der Waals surface area (Å²) in [6.07, 6.45) is 0. The van der Waals surface area contributed by atoms with E-state index in [9.17, 15) is 0 Å². The van der Waals surface area contributed by atoms with E-state index in [0.29, 0.717) is 0 Å². The Hall–Kier alpha value is 1.82. The van der Waals surface area contributed by atoms with Crippen LogP contribution >= 0.6 is 12.4 Å². The molecule has 0 atom stereocenters. The van der Waals surface area contributed by atoms with Crippen molar-refractivity contribution in [3.05, 3.63) is 0 Å². The predicted octanol–water partition coefficient (Wildman–Crippen LogP) is -0.937. The first-order valence-electron chi connectivity index (χ1n) is 0.698. The Bertz CT molecular complexity index is 97.2. The second kappa shape index (κ2) is 8.82. The van der Waals surface area contributed by atoms with Crippen LogP contribution in [0, 0.1) is 0 Å². The number of halogens is 1. The molecule has 0 fully saturated rings. The quantitative estimate of drug-likeness (QED) is 0.540. The Morgan fingerprint density at radius 3 is 1.00 bits per heavy atom. The monoisotopic (exact) mass is 368 g/mol. The van der Waals surface area contributed by atoms with Gasteiger partial charge in [-0.05, 0) is 0 Å². The molecule has 0 saturated carbocycles. The van der Waals surface area contributed by atoms with Crippen molar-refractivity contribution in [3.63, 3.8) is 0 Å².